The second-order valence-corrected chi connectivity index (χ2v) is 8.91. The monoisotopic (exact) mass is 527 g/mol. The van der Waals surface area contributed by atoms with E-state index in [4.69, 9.17) is 32.4 Å². The number of nitrogens with zero attached hydrogens (tertiary/aromatic N) is 5. The van der Waals surface area contributed by atoms with Crippen molar-refractivity contribution in [1.29, 1.82) is 0 Å². The van der Waals surface area contributed by atoms with Crippen LogP contribution < -0.4 is 9.64 Å². The van der Waals surface area contributed by atoms with E-state index in [0.29, 0.717) is 53.3 Å². The van der Waals surface area contributed by atoms with Gasteiger partial charge >= 0.3 is 5.88 Å². The van der Waals surface area contributed by atoms with Crippen molar-refractivity contribution in [1.82, 2.24) is 14.9 Å². The Labute approximate surface area is 215 Å². The number of furan rings is 1. The fourth-order valence-electron chi connectivity index (χ4n) is 4.23. The number of piperazine rings is 1. The largest absolute Gasteiger partial charge is 0.496 e. The number of carbonyl (C=O) groups is 1. The number of benzene rings is 2. The summed E-state index contributed by atoms with van der Waals surface area (Å²) in [5, 5.41) is 12.7. The molecule has 1 amide bonds. The van der Waals surface area contributed by atoms with Crippen molar-refractivity contribution < 1.29 is 18.9 Å². The van der Waals surface area contributed by atoms with Crippen LogP contribution in [0.4, 0.5) is 11.7 Å². The van der Waals surface area contributed by atoms with Gasteiger partial charge < -0.3 is 19.0 Å². The van der Waals surface area contributed by atoms with E-state index in [-0.39, 0.29) is 5.76 Å². The van der Waals surface area contributed by atoms with Gasteiger partial charge in [0.05, 0.1) is 18.7 Å². The van der Waals surface area contributed by atoms with Gasteiger partial charge in [0.1, 0.15) is 22.8 Å². The molecule has 0 atom stereocenters. The number of fused-ring (bicyclic) bond motifs is 1. The first-order valence-corrected chi connectivity index (χ1v) is 11.7. The van der Waals surface area contributed by atoms with Crippen molar-refractivity contribution in [2.24, 2.45) is 0 Å². The van der Waals surface area contributed by atoms with Gasteiger partial charge in [0.15, 0.2) is 5.76 Å². The Morgan fingerprint density at radius 1 is 1.06 bits per heavy atom. The first kappa shape index (κ1) is 23.8. The third-order valence-corrected chi connectivity index (χ3v) is 6.55. The number of anilines is 1. The van der Waals surface area contributed by atoms with Crippen LogP contribution in [0.3, 0.4) is 0 Å². The lowest BCUT2D eigenvalue weighted by molar-refractivity contribution is -0.402. The van der Waals surface area contributed by atoms with Gasteiger partial charge in [0.25, 0.3) is 5.91 Å². The number of hydrogen-bond acceptors (Lipinski definition) is 8. The van der Waals surface area contributed by atoms with Crippen LogP contribution in [0.1, 0.15) is 10.6 Å². The zero-order valence-electron chi connectivity index (χ0n) is 19.0. The van der Waals surface area contributed by atoms with Gasteiger partial charge in [-0.1, -0.05) is 23.2 Å². The Bertz CT molecular complexity index is 1480. The lowest BCUT2D eigenvalue weighted by Crippen LogP contribution is -2.49. The highest BCUT2D eigenvalue weighted by atomic mass is 35.5. The normalized spacial score (nSPS) is 13.8. The number of aromatic nitrogens is 2. The molecule has 2 aromatic heterocycles. The van der Waals surface area contributed by atoms with E-state index in [1.54, 1.807) is 30.2 Å². The zero-order valence-corrected chi connectivity index (χ0v) is 20.5. The highest BCUT2D eigenvalue weighted by molar-refractivity contribution is 6.35. The third-order valence-electron chi connectivity index (χ3n) is 6.00. The van der Waals surface area contributed by atoms with E-state index < -0.39 is 16.7 Å². The van der Waals surface area contributed by atoms with Crippen molar-refractivity contribution in [3.8, 4) is 16.9 Å². The van der Waals surface area contributed by atoms with Gasteiger partial charge in [-0.3, -0.25) is 14.9 Å². The number of methoxy groups -OCH3 is 1. The number of halogens is 2. The lowest BCUT2D eigenvalue weighted by Gasteiger charge is -2.35. The maximum Gasteiger partial charge on any atom is 0.433 e. The predicted octanol–water partition coefficient (Wildman–Crippen LogP) is 5.08. The molecule has 0 spiro atoms. The smallest absolute Gasteiger partial charge is 0.433 e. The molecule has 36 heavy (non-hydrogen) atoms. The summed E-state index contributed by atoms with van der Waals surface area (Å²) >= 11 is 12.9. The molecule has 1 fully saturated rings. The minimum atomic E-state index is -0.673. The second-order valence-electron chi connectivity index (χ2n) is 8.07. The van der Waals surface area contributed by atoms with Gasteiger partial charge in [0.2, 0.25) is 0 Å². The summed E-state index contributed by atoms with van der Waals surface area (Å²) in [5.74, 6) is 0.428. The quantitative estimate of drug-likeness (QED) is 0.260. The van der Waals surface area contributed by atoms with Gasteiger partial charge in [-0.25, -0.2) is 9.97 Å². The third kappa shape index (κ3) is 4.40. The van der Waals surface area contributed by atoms with Crippen LogP contribution in [0.2, 0.25) is 10.0 Å². The maximum atomic E-state index is 12.7. The second kappa shape index (κ2) is 9.63. The van der Waals surface area contributed by atoms with Crippen LogP contribution in [0.15, 0.2) is 53.2 Å². The van der Waals surface area contributed by atoms with Crippen LogP contribution in [-0.4, -0.2) is 59.0 Å². The number of carbonyl (C=O) groups excluding carboxylic acids is 1. The highest BCUT2D eigenvalue weighted by Crippen LogP contribution is 2.39. The molecule has 1 aliphatic rings. The average molecular weight is 528 g/mol. The summed E-state index contributed by atoms with van der Waals surface area (Å²) in [6.45, 7) is 1.79. The van der Waals surface area contributed by atoms with Crippen LogP contribution >= 0.6 is 23.2 Å². The molecule has 0 radical (unpaired) electrons. The van der Waals surface area contributed by atoms with Crippen LogP contribution in [0, 0.1) is 10.1 Å². The summed E-state index contributed by atoms with van der Waals surface area (Å²) in [7, 11) is 1.58. The van der Waals surface area contributed by atoms with Crippen molar-refractivity contribution in [3.05, 3.63) is 74.7 Å². The number of hydrogen-bond donors (Lipinski definition) is 0. The SMILES string of the molecule is COc1ccc(Cl)cc1-c1cc2ncnc(N3CCN(C(=O)c4ccc([N+](=O)[O-])o4)CC3)c2cc1Cl. The highest BCUT2D eigenvalue weighted by Gasteiger charge is 2.27. The summed E-state index contributed by atoms with van der Waals surface area (Å²) < 4.78 is 10.5. The van der Waals surface area contributed by atoms with Crippen molar-refractivity contribution in [3.63, 3.8) is 0 Å². The Kier molecular flexibility index (Phi) is 6.38. The molecule has 4 aromatic rings. The Morgan fingerprint density at radius 2 is 1.83 bits per heavy atom. The van der Waals surface area contributed by atoms with E-state index in [0.717, 1.165) is 16.5 Å². The molecule has 1 saturated heterocycles. The molecule has 5 rings (SSSR count). The Morgan fingerprint density at radius 3 is 2.53 bits per heavy atom. The summed E-state index contributed by atoms with van der Waals surface area (Å²) in [6.07, 6.45) is 1.49. The average Bonchev–Trinajstić information content (AvgIpc) is 3.38. The van der Waals surface area contributed by atoms with Gasteiger partial charge in [0, 0.05) is 52.7 Å². The first-order valence-electron chi connectivity index (χ1n) is 10.9. The summed E-state index contributed by atoms with van der Waals surface area (Å²) in [6, 6.07) is 11.5. The summed E-state index contributed by atoms with van der Waals surface area (Å²) in [5.41, 5.74) is 2.18. The molecule has 0 bridgehead atoms. The van der Waals surface area contributed by atoms with E-state index in [1.807, 2.05) is 17.0 Å². The number of rotatable bonds is 5. The van der Waals surface area contributed by atoms with Crippen molar-refractivity contribution in [2.75, 3.05) is 38.2 Å². The van der Waals surface area contributed by atoms with Crippen molar-refractivity contribution in [2.45, 2.75) is 0 Å². The minimum absolute atomic E-state index is 0.0570. The van der Waals surface area contributed by atoms with Crippen LogP contribution in [-0.2, 0) is 0 Å². The maximum absolute atomic E-state index is 12.7. The molecule has 10 nitrogen and oxygen atoms in total. The minimum Gasteiger partial charge on any atom is -0.496 e. The lowest BCUT2D eigenvalue weighted by atomic mass is 10.0. The Balaban J connectivity index is 1.40. The first-order chi connectivity index (χ1) is 17.4. The fourth-order valence-corrected chi connectivity index (χ4v) is 4.67. The molecule has 3 heterocycles. The molecule has 0 N–H and O–H groups in total. The topological polar surface area (TPSA) is 115 Å². The number of ether oxygens (including phenoxy) is 1. The van der Waals surface area contributed by atoms with E-state index in [9.17, 15) is 14.9 Å². The molecule has 0 aliphatic carbocycles. The van der Waals surface area contributed by atoms with Crippen molar-refractivity contribution >= 4 is 51.7 Å². The fraction of sp³-hybridized carbons (Fsp3) is 0.208. The van der Waals surface area contributed by atoms with E-state index >= 15 is 0 Å². The number of amides is 1. The summed E-state index contributed by atoms with van der Waals surface area (Å²) in [4.78, 5) is 35.5. The van der Waals surface area contributed by atoms with Gasteiger partial charge in [-0.2, -0.15) is 0 Å². The zero-order chi connectivity index (χ0) is 25.4. The molecule has 12 heteroatoms. The standard InChI is InChI=1S/C24H19Cl2N5O5/c1-35-20-3-2-14(25)10-16(20)15-12-19-17(11-18(15)26)23(28-13-27-19)29-6-8-30(9-7-29)24(32)21-4-5-22(36-21)31(33)34/h2-5,10-13H,6-9H2,1H3. The molecular formula is C24H19Cl2N5O5. The Hall–Kier alpha value is -3.89. The van der Waals surface area contributed by atoms with Gasteiger partial charge in [-0.05, 0) is 36.4 Å². The van der Waals surface area contributed by atoms with E-state index in [1.165, 1.54) is 18.5 Å². The number of nitro groups is 1. The molecule has 1 aliphatic heterocycles. The molecule has 2 aromatic carbocycles. The molecule has 0 saturated carbocycles. The molecule has 0 unspecified atom stereocenters. The van der Waals surface area contributed by atoms with Gasteiger partial charge in [-0.15, -0.1) is 0 Å². The van der Waals surface area contributed by atoms with Crippen LogP contribution in [0.25, 0.3) is 22.0 Å². The predicted molar refractivity (Wildman–Crippen MR) is 135 cm³/mol. The molecule has 184 valence electrons. The van der Waals surface area contributed by atoms with Crippen LogP contribution in [0.5, 0.6) is 5.75 Å². The van der Waals surface area contributed by atoms with E-state index in [2.05, 4.69) is 9.97 Å². The molecular weight excluding hydrogens is 509 g/mol.